The average molecular weight is 470 g/mol. The number of quaternary nitrogens is 1. The van der Waals surface area contributed by atoms with Crippen LogP contribution in [0.15, 0.2) is 71.2 Å². The van der Waals surface area contributed by atoms with Gasteiger partial charge in [-0.2, -0.15) is 0 Å². The molecule has 0 radical (unpaired) electrons. The first-order valence-corrected chi connectivity index (χ1v) is 11.1. The van der Waals surface area contributed by atoms with Gasteiger partial charge < -0.3 is 19.6 Å². The van der Waals surface area contributed by atoms with E-state index < -0.39 is 6.10 Å². The number of carbonyl (C=O) groups is 1. The molecule has 0 aliphatic carbocycles. The molecule has 1 saturated heterocycles. The zero-order chi connectivity index (χ0) is 20.9. The summed E-state index contributed by atoms with van der Waals surface area (Å²) in [6, 6.07) is 21.5. The predicted octanol–water partition coefficient (Wildman–Crippen LogP) is 2.38. The van der Waals surface area contributed by atoms with Crippen LogP contribution in [0.1, 0.15) is 10.4 Å². The Hall–Kier alpha value is -2.41. The molecule has 4 rings (SSSR count). The molecular formula is C24H26BrN2O3+. The summed E-state index contributed by atoms with van der Waals surface area (Å²) >= 11 is 3.62. The zero-order valence-corrected chi connectivity index (χ0v) is 18.3. The Labute approximate surface area is 185 Å². The van der Waals surface area contributed by atoms with Crippen molar-refractivity contribution in [2.24, 2.45) is 0 Å². The molecule has 1 heterocycles. The number of nitrogens with zero attached hydrogens (tertiary/aromatic N) is 1. The van der Waals surface area contributed by atoms with Crippen molar-refractivity contribution in [2.45, 2.75) is 6.10 Å². The number of hydrogen-bond acceptors (Lipinski definition) is 3. The molecule has 0 spiro atoms. The molecule has 3 aromatic carbocycles. The fourth-order valence-corrected chi connectivity index (χ4v) is 4.50. The molecule has 1 amide bonds. The van der Waals surface area contributed by atoms with Gasteiger partial charge in [-0.1, -0.05) is 48.5 Å². The summed E-state index contributed by atoms with van der Waals surface area (Å²) in [5.74, 6) is 0.820. The van der Waals surface area contributed by atoms with Crippen molar-refractivity contribution in [1.29, 1.82) is 0 Å². The predicted molar refractivity (Wildman–Crippen MR) is 121 cm³/mol. The van der Waals surface area contributed by atoms with Crippen LogP contribution in [0.3, 0.4) is 0 Å². The molecule has 2 N–H and O–H groups in total. The molecule has 1 aliphatic heterocycles. The number of rotatable bonds is 6. The van der Waals surface area contributed by atoms with Crippen molar-refractivity contribution in [3.05, 3.63) is 76.8 Å². The van der Waals surface area contributed by atoms with Gasteiger partial charge in [0, 0.05) is 5.56 Å². The number of carbonyl (C=O) groups excluding carboxylic acids is 1. The second-order valence-electron chi connectivity index (χ2n) is 7.68. The average Bonchev–Trinajstić information content (AvgIpc) is 2.79. The number of hydrogen-bond donors (Lipinski definition) is 2. The lowest BCUT2D eigenvalue weighted by molar-refractivity contribution is -0.907. The van der Waals surface area contributed by atoms with Crippen LogP contribution < -0.4 is 9.64 Å². The van der Waals surface area contributed by atoms with Gasteiger partial charge in [-0.15, -0.1) is 0 Å². The number of benzene rings is 3. The quantitative estimate of drug-likeness (QED) is 0.582. The molecule has 6 heteroatoms. The van der Waals surface area contributed by atoms with E-state index in [2.05, 4.69) is 22.0 Å². The molecule has 1 atom stereocenters. The van der Waals surface area contributed by atoms with Crippen LogP contribution >= 0.6 is 15.9 Å². The summed E-state index contributed by atoms with van der Waals surface area (Å²) in [7, 11) is 0. The molecule has 30 heavy (non-hydrogen) atoms. The number of fused-ring (bicyclic) bond motifs is 1. The van der Waals surface area contributed by atoms with Crippen molar-refractivity contribution in [3.63, 3.8) is 0 Å². The highest BCUT2D eigenvalue weighted by Gasteiger charge is 2.26. The maximum atomic E-state index is 12.6. The van der Waals surface area contributed by atoms with Crippen molar-refractivity contribution >= 4 is 32.6 Å². The number of halogens is 1. The van der Waals surface area contributed by atoms with Gasteiger partial charge >= 0.3 is 0 Å². The fourth-order valence-electron chi connectivity index (χ4n) is 3.90. The first-order chi connectivity index (χ1) is 14.6. The van der Waals surface area contributed by atoms with Crippen LogP contribution in [0.4, 0.5) is 0 Å². The van der Waals surface area contributed by atoms with Crippen LogP contribution in [0.25, 0.3) is 10.8 Å². The van der Waals surface area contributed by atoms with Crippen LogP contribution in [0.2, 0.25) is 0 Å². The standard InChI is InChI=1S/C24H25BrN2O3/c25-23-21-9-5-4-6-18(21)10-11-22(23)30-17-20(28)16-26-12-14-27(15-13-26)24(29)19-7-2-1-3-8-19/h1-11,20,28H,12-17H2/p+1. The summed E-state index contributed by atoms with van der Waals surface area (Å²) in [4.78, 5) is 15.7. The Morgan fingerprint density at radius 2 is 1.73 bits per heavy atom. The lowest BCUT2D eigenvalue weighted by atomic mass is 10.1. The van der Waals surface area contributed by atoms with E-state index >= 15 is 0 Å². The number of aliphatic hydroxyl groups is 1. The summed E-state index contributed by atoms with van der Waals surface area (Å²) in [5.41, 5.74) is 0.732. The van der Waals surface area contributed by atoms with Gasteiger partial charge in [-0.3, -0.25) is 4.79 Å². The van der Waals surface area contributed by atoms with Gasteiger partial charge in [-0.05, 0) is 44.9 Å². The maximum absolute atomic E-state index is 12.6. The first-order valence-electron chi connectivity index (χ1n) is 10.3. The highest BCUT2D eigenvalue weighted by Crippen LogP contribution is 2.33. The highest BCUT2D eigenvalue weighted by atomic mass is 79.9. The van der Waals surface area contributed by atoms with Crippen LogP contribution in [-0.2, 0) is 0 Å². The van der Waals surface area contributed by atoms with E-state index in [4.69, 9.17) is 4.74 Å². The third-order valence-corrected chi connectivity index (χ3v) is 6.38. The van der Waals surface area contributed by atoms with Crippen molar-refractivity contribution < 1.29 is 19.5 Å². The van der Waals surface area contributed by atoms with E-state index in [0.717, 1.165) is 39.6 Å². The largest absolute Gasteiger partial charge is 0.489 e. The first kappa shape index (κ1) is 20.8. The summed E-state index contributed by atoms with van der Waals surface area (Å²) in [6.07, 6.45) is -0.560. The van der Waals surface area contributed by atoms with Crippen molar-refractivity contribution in [1.82, 2.24) is 4.90 Å². The molecule has 156 valence electrons. The van der Waals surface area contributed by atoms with Crippen molar-refractivity contribution in [2.75, 3.05) is 39.3 Å². The van der Waals surface area contributed by atoms with E-state index in [9.17, 15) is 9.90 Å². The molecular weight excluding hydrogens is 444 g/mol. The summed E-state index contributed by atoms with van der Waals surface area (Å²) < 4.78 is 6.80. The molecule has 1 unspecified atom stereocenters. The zero-order valence-electron chi connectivity index (χ0n) is 16.8. The minimum Gasteiger partial charge on any atom is -0.489 e. The Bertz CT molecular complexity index is 1000. The maximum Gasteiger partial charge on any atom is 0.254 e. The molecule has 0 bridgehead atoms. The molecule has 3 aromatic rings. The van der Waals surface area contributed by atoms with E-state index in [1.54, 1.807) is 0 Å². The fraction of sp³-hybridized carbons (Fsp3) is 0.292. The highest BCUT2D eigenvalue weighted by molar-refractivity contribution is 9.10. The van der Waals surface area contributed by atoms with Crippen LogP contribution in [-0.4, -0.2) is 61.3 Å². The summed E-state index contributed by atoms with van der Waals surface area (Å²) in [5, 5.41) is 12.7. The van der Waals surface area contributed by atoms with Crippen LogP contribution in [0.5, 0.6) is 5.75 Å². The second kappa shape index (κ2) is 9.60. The minimum absolute atomic E-state index is 0.0830. The van der Waals surface area contributed by atoms with Gasteiger partial charge in [-0.25, -0.2) is 0 Å². The third kappa shape index (κ3) is 4.83. The number of nitrogens with one attached hydrogen (secondary N) is 1. The molecule has 5 nitrogen and oxygen atoms in total. The normalized spacial score (nSPS) is 15.9. The smallest absolute Gasteiger partial charge is 0.254 e. The third-order valence-electron chi connectivity index (χ3n) is 5.56. The molecule has 0 saturated carbocycles. The topological polar surface area (TPSA) is 54.2 Å². The van der Waals surface area contributed by atoms with Gasteiger partial charge in [0.25, 0.3) is 5.91 Å². The molecule has 0 aromatic heterocycles. The van der Waals surface area contributed by atoms with Crippen molar-refractivity contribution in [3.8, 4) is 5.75 Å². The number of piperazine rings is 1. The van der Waals surface area contributed by atoms with E-state index in [1.165, 1.54) is 4.90 Å². The SMILES string of the molecule is O=C(c1ccccc1)N1CC[NH+](CC(O)COc2ccc3ccccc3c2Br)CC1. The summed E-state index contributed by atoms with van der Waals surface area (Å²) in [6.45, 7) is 3.91. The Morgan fingerprint density at radius 1 is 1.03 bits per heavy atom. The molecule has 1 aliphatic rings. The lowest BCUT2D eigenvalue weighted by Crippen LogP contribution is -3.16. The van der Waals surface area contributed by atoms with Gasteiger partial charge in [0.15, 0.2) is 0 Å². The minimum atomic E-state index is -0.560. The monoisotopic (exact) mass is 469 g/mol. The van der Waals surface area contributed by atoms with E-state index in [0.29, 0.717) is 19.6 Å². The Morgan fingerprint density at radius 3 is 2.50 bits per heavy atom. The van der Waals surface area contributed by atoms with E-state index in [-0.39, 0.29) is 12.5 Å². The van der Waals surface area contributed by atoms with Crippen LogP contribution in [0, 0.1) is 0 Å². The Balaban J connectivity index is 1.26. The Kier molecular flexibility index (Phi) is 6.67. The van der Waals surface area contributed by atoms with E-state index in [1.807, 2.05) is 65.6 Å². The number of ether oxygens (including phenoxy) is 1. The van der Waals surface area contributed by atoms with Gasteiger partial charge in [0.1, 0.15) is 25.0 Å². The number of amides is 1. The number of aliphatic hydroxyl groups excluding tert-OH is 1. The van der Waals surface area contributed by atoms with Gasteiger partial charge in [0.05, 0.1) is 30.7 Å². The second-order valence-corrected chi connectivity index (χ2v) is 8.47. The molecule has 1 fully saturated rings. The lowest BCUT2D eigenvalue weighted by Gasteiger charge is -2.33. The van der Waals surface area contributed by atoms with Gasteiger partial charge in [0.2, 0.25) is 0 Å².